The van der Waals surface area contributed by atoms with E-state index in [2.05, 4.69) is 20.5 Å². The number of nitrogens with two attached hydrogens (primary N) is 1. The lowest BCUT2D eigenvalue weighted by atomic mass is 10.2. The number of amides is 1. The Morgan fingerprint density at radius 1 is 1.35 bits per heavy atom. The van der Waals surface area contributed by atoms with Crippen molar-refractivity contribution < 1.29 is 4.79 Å². The van der Waals surface area contributed by atoms with Crippen LogP contribution in [0.25, 0.3) is 0 Å². The van der Waals surface area contributed by atoms with Gasteiger partial charge >= 0.3 is 0 Å². The van der Waals surface area contributed by atoms with E-state index in [1.165, 1.54) is 6.20 Å². The molecule has 0 aliphatic rings. The van der Waals surface area contributed by atoms with Crippen molar-refractivity contribution in [3.63, 3.8) is 0 Å². The van der Waals surface area contributed by atoms with E-state index in [1.807, 2.05) is 0 Å². The summed E-state index contributed by atoms with van der Waals surface area (Å²) in [5.74, 6) is 0.165. The van der Waals surface area contributed by atoms with E-state index in [0.29, 0.717) is 23.6 Å². The van der Waals surface area contributed by atoms with Gasteiger partial charge in [0.05, 0.1) is 17.8 Å². The van der Waals surface area contributed by atoms with E-state index in [-0.39, 0.29) is 5.91 Å². The Balaban J connectivity index is 1.96. The summed E-state index contributed by atoms with van der Waals surface area (Å²) in [7, 11) is 0. The first-order valence-corrected chi connectivity index (χ1v) is 5.02. The fourth-order valence-electron chi connectivity index (χ4n) is 1.24. The van der Waals surface area contributed by atoms with Crippen molar-refractivity contribution in [1.82, 2.24) is 20.5 Å². The van der Waals surface area contributed by atoms with Crippen molar-refractivity contribution in [3.8, 4) is 0 Å². The zero-order valence-corrected chi connectivity index (χ0v) is 9.00. The number of carbonyl (C=O) groups is 1. The van der Waals surface area contributed by atoms with Crippen LogP contribution < -0.4 is 11.1 Å². The van der Waals surface area contributed by atoms with Gasteiger partial charge in [0.25, 0.3) is 5.91 Å². The largest absolute Gasteiger partial charge is 0.384 e. The third-order valence-corrected chi connectivity index (χ3v) is 2.11. The van der Waals surface area contributed by atoms with Gasteiger partial charge in [0.15, 0.2) is 0 Å². The van der Waals surface area contributed by atoms with Crippen molar-refractivity contribution in [2.45, 2.75) is 6.54 Å². The minimum Gasteiger partial charge on any atom is -0.384 e. The lowest BCUT2D eigenvalue weighted by molar-refractivity contribution is 0.0950. The predicted octanol–water partition coefficient (Wildman–Crippen LogP) is 0.384. The number of rotatable bonds is 3. The summed E-state index contributed by atoms with van der Waals surface area (Å²) in [6, 6.07) is 6.75. The molecule has 6 heteroatoms. The molecule has 0 aliphatic carbocycles. The smallest absolute Gasteiger partial charge is 0.253 e. The quantitative estimate of drug-likeness (QED) is 0.793. The molecule has 0 aliphatic heterocycles. The highest BCUT2D eigenvalue weighted by molar-refractivity contribution is 5.93. The zero-order chi connectivity index (χ0) is 12.1. The summed E-state index contributed by atoms with van der Waals surface area (Å²) in [4.78, 5) is 15.5. The molecule has 86 valence electrons. The molecule has 0 unspecified atom stereocenters. The third-order valence-electron chi connectivity index (χ3n) is 2.11. The Hall–Kier alpha value is -2.50. The molecule has 0 bridgehead atoms. The van der Waals surface area contributed by atoms with Crippen LogP contribution in [0.2, 0.25) is 0 Å². The second-order valence-electron chi connectivity index (χ2n) is 3.37. The van der Waals surface area contributed by atoms with Gasteiger partial charge in [-0.25, -0.2) is 4.98 Å². The van der Waals surface area contributed by atoms with Crippen LogP contribution in [0.4, 0.5) is 5.82 Å². The highest BCUT2D eigenvalue weighted by Gasteiger charge is 2.05. The van der Waals surface area contributed by atoms with Gasteiger partial charge in [-0.05, 0) is 24.3 Å². The second-order valence-corrected chi connectivity index (χ2v) is 3.37. The Morgan fingerprint density at radius 2 is 2.24 bits per heavy atom. The number of hydrogen-bond acceptors (Lipinski definition) is 5. The number of hydrogen-bond donors (Lipinski definition) is 2. The van der Waals surface area contributed by atoms with Crippen LogP contribution in [-0.4, -0.2) is 21.1 Å². The molecule has 0 aromatic carbocycles. The van der Waals surface area contributed by atoms with Crippen molar-refractivity contribution in [2.24, 2.45) is 0 Å². The number of carbonyl (C=O) groups excluding carboxylic acids is 1. The highest BCUT2D eigenvalue weighted by Crippen LogP contribution is 2.01. The molecule has 3 N–H and O–H groups in total. The molecule has 0 spiro atoms. The molecule has 2 rings (SSSR count). The van der Waals surface area contributed by atoms with E-state index < -0.39 is 0 Å². The molecular formula is C11H11N5O. The third kappa shape index (κ3) is 2.97. The number of anilines is 1. The highest BCUT2D eigenvalue weighted by atomic mass is 16.1. The number of nitrogen functional groups attached to an aromatic ring is 1. The van der Waals surface area contributed by atoms with Gasteiger partial charge in [-0.2, -0.15) is 10.2 Å². The molecule has 2 aromatic heterocycles. The number of aromatic nitrogens is 3. The van der Waals surface area contributed by atoms with Crippen LogP contribution in [0.5, 0.6) is 0 Å². The monoisotopic (exact) mass is 229 g/mol. The maximum atomic E-state index is 11.7. The molecule has 0 atom stereocenters. The lowest BCUT2D eigenvalue weighted by Crippen LogP contribution is -2.23. The average Bonchev–Trinajstić information content (AvgIpc) is 2.38. The Labute approximate surface area is 97.9 Å². The molecule has 17 heavy (non-hydrogen) atoms. The molecule has 0 radical (unpaired) electrons. The van der Waals surface area contributed by atoms with Crippen LogP contribution >= 0.6 is 0 Å². The molecule has 0 saturated carbocycles. The molecule has 6 nitrogen and oxygen atoms in total. The van der Waals surface area contributed by atoms with Crippen molar-refractivity contribution in [3.05, 3.63) is 47.9 Å². The van der Waals surface area contributed by atoms with Gasteiger partial charge in [0.1, 0.15) is 5.82 Å². The fraction of sp³-hybridized carbons (Fsp3) is 0.0909. The molecule has 0 fully saturated rings. The van der Waals surface area contributed by atoms with Crippen LogP contribution in [0, 0.1) is 0 Å². The van der Waals surface area contributed by atoms with Crippen molar-refractivity contribution in [1.29, 1.82) is 0 Å². The topological polar surface area (TPSA) is 93.8 Å². The second kappa shape index (κ2) is 5.02. The van der Waals surface area contributed by atoms with Crippen molar-refractivity contribution in [2.75, 3.05) is 5.73 Å². The first kappa shape index (κ1) is 11.0. The summed E-state index contributed by atoms with van der Waals surface area (Å²) in [5, 5.41) is 10.3. The van der Waals surface area contributed by atoms with Gasteiger partial charge in [-0.15, -0.1) is 0 Å². The van der Waals surface area contributed by atoms with Gasteiger partial charge in [-0.3, -0.25) is 4.79 Å². The first-order chi connectivity index (χ1) is 8.25. The van der Waals surface area contributed by atoms with E-state index in [1.54, 1.807) is 30.5 Å². The van der Waals surface area contributed by atoms with E-state index in [9.17, 15) is 4.79 Å². The average molecular weight is 229 g/mol. The maximum absolute atomic E-state index is 11.7. The van der Waals surface area contributed by atoms with Gasteiger partial charge in [0.2, 0.25) is 0 Å². The fourth-order valence-corrected chi connectivity index (χ4v) is 1.24. The standard InChI is InChI=1S/C11H11N5O/c12-10-4-3-8(6-13-10)11(17)14-7-9-2-1-5-15-16-9/h1-6H,7H2,(H2,12,13)(H,14,17). The van der Waals surface area contributed by atoms with Gasteiger partial charge < -0.3 is 11.1 Å². The summed E-state index contributed by atoms with van der Waals surface area (Å²) < 4.78 is 0. The molecule has 1 amide bonds. The normalized spacial score (nSPS) is 9.88. The van der Waals surface area contributed by atoms with E-state index in [4.69, 9.17) is 5.73 Å². The van der Waals surface area contributed by atoms with Crippen LogP contribution in [-0.2, 0) is 6.54 Å². The molecular weight excluding hydrogens is 218 g/mol. The van der Waals surface area contributed by atoms with Crippen LogP contribution in [0.3, 0.4) is 0 Å². The summed E-state index contributed by atoms with van der Waals surface area (Å²) in [5.41, 5.74) is 6.59. The molecule has 2 heterocycles. The molecule has 2 aromatic rings. The first-order valence-electron chi connectivity index (χ1n) is 5.02. The predicted molar refractivity (Wildman–Crippen MR) is 61.9 cm³/mol. The maximum Gasteiger partial charge on any atom is 0.253 e. The zero-order valence-electron chi connectivity index (χ0n) is 9.00. The Bertz CT molecular complexity index is 497. The molecule has 0 saturated heterocycles. The summed E-state index contributed by atoms with van der Waals surface area (Å²) in [6.45, 7) is 0.330. The Kier molecular flexibility index (Phi) is 3.25. The summed E-state index contributed by atoms with van der Waals surface area (Å²) in [6.07, 6.45) is 3.01. The summed E-state index contributed by atoms with van der Waals surface area (Å²) >= 11 is 0. The van der Waals surface area contributed by atoms with Crippen molar-refractivity contribution >= 4 is 11.7 Å². The minimum atomic E-state index is -0.219. The number of nitrogens with zero attached hydrogens (tertiary/aromatic N) is 3. The van der Waals surface area contributed by atoms with E-state index >= 15 is 0 Å². The minimum absolute atomic E-state index is 0.219. The van der Waals surface area contributed by atoms with Crippen LogP contribution in [0.15, 0.2) is 36.7 Å². The number of pyridine rings is 1. The lowest BCUT2D eigenvalue weighted by Gasteiger charge is -2.03. The SMILES string of the molecule is Nc1ccc(C(=O)NCc2cccnn2)cn1. The van der Waals surface area contributed by atoms with Gasteiger partial charge in [-0.1, -0.05) is 0 Å². The Morgan fingerprint density at radius 3 is 2.88 bits per heavy atom. The van der Waals surface area contributed by atoms with E-state index in [0.717, 1.165) is 0 Å². The van der Waals surface area contributed by atoms with Gasteiger partial charge in [0, 0.05) is 12.4 Å². The van der Waals surface area contributed by atoms with Crippen LogP contribution in [0.1, 0.15) is 16.1 Å². The number of nitrogens with one attached hydrogen (secondary N) is 1.